The van der Waals surface area contributed by atoms with Gasteiger partial charge in [0, 0.05) is 0 Å². The lowest BCUT2D eigenvalue weighted by atomic mass is 10.1. The van der Waals surface area contributed by atoms with Gasteiger partial charge in [0.15, 0.2) is 0 Å². The number of hydrogen-bond donors (Lipinski definition) is 0. The Bertz CT molecular complexity index is 147. The van der Waals surface area contributed by atoms with Crippen LogP contribution in [0.1, 0.15) is 40.5 Å². The average molecular weight is 166 g/mol. The third-order valence-electron chi connectivity index (χ3n) is 1.54. The summed E-state index contributed by atoms with van der Waals surface area (Å²) in [7, 11) is 0. The van der Waals surface area contributed by atoms with Crippen molar-refractivity contribution in [2.45, 2.75) is 40.5 Å². The van der Waals surface area contributed by atoms with Crippen LogP contribution in [-0.2, 0) is 0 Å². The van der Waals surface area contributed by atoms with Crippen LogP contribution in [0.2, 0.25) is 0 Å². The molecule has 0 aromatic heterocycles. The van der Waals surface area contributed by atoms with Gasteiger partial charge in [0.1, 0.15) is 0 Å². The van der Waals surface area contributed by atoms with Gasteiger partial charge in [-0.1, -0.05) is 57.6 Å². The summed E-state index contributed by atoms with van der Waals surface area (Å²) >= 11 is 0. The van der Waals surface area contributed by atoms with Gasteiger partial charge in [-0.15, -0.1) is 0 Å². The maximum Gasteiger partial charge on any atom is -0.0395 e. The third kappa shape index (κ3) is 12.0. The van der Waals surface area contributed by atoms with Crippen molar-refractivity contribution in [1.29, 1.82) is 0 Å². The van der Waals surface area contributed by atoms with Crippen molar-refractivity contribution in [3.8, 4) is 0 Å². The van der Waals surface area contributed by atoms with Gasteiger partial charge in [-0.3, -0.25) is 0 Å². The minimum Gasteiger partial charge on any atom is -0.0991 e. The second kappa shape index (κ2) is 10.2. The van der Waals surface area contributed by atoms with Gasteiger partial charge in [-0.2, -0.15) is 0 Å². The van der Waals surface area contributed by atoms with E-state index in [2.05, 4.69) is 27.0 Å². The molecule has 0 bridgehead atoms. The van der Waals surface area contributed by atoms with Gasteiger partial charge >= 0.3 is 0 Å². The first kappa shape index (κ1) is 13.8. The second-order valence-corrected chi connectivity index (χ2v) is 2.87. The first-order chi connectivity index (χ1) is 5.59. The smallest absolute Gasteiger partial charge is 0.0395 e. The predicted octanol–water partition coefficient (Wildman–Crippen LogP) is 4.50. The monoisotopic (exact) mass is 166 g/mol. The number of hydrogen-bond acceptors (Lipinski definition) is 0. The van der Waals surface area contributed by atoms with E-state index in [-0.39, 0.29) is 0 Å². The standard InChI is InChI=1S/C8H12.C4H10/c1-5-6-8(4)7(2)3;1-3-4-2/h5-6H,1-2H2,3-4H3;3-4H2,1-2H3/b8-6-;. The summed E-state index contributed by atoms with van der Waals surface area (Å²) in [4.78, 5) is 0. The van der Waals surface area contributed by atoms with E-state index in [0.717, 1.165) is 5.57 Å². The van der Waals surface area contributed by atoms with Crippen LogP contribution in [-0.4, -0.2) is 0 Å². The van der Waals surface area contributed by atoms with Crippen molar-refractivity contribution in [2.75, 3.05) is 0 Å². The Hall–Kier alpha value is -0.780. The Morgan fingerprint density at radius 1 is 1.17 bits per heavy atom. The Morgan fingerprint density at radius 2 is 1.58 bits per heavy atom. The van der Waals surface area contributed by atoms with Crippen molar-refractivity contribution < 1.29 is 0 Å². The fourth-order valence-corrected chi connectivity index (χ4v) is 0.319. The van der Waals surface area contributed by atoms with Crippen molar-refractivity contribution in [3.05, 3.63) is 36.5 Å². The fourth-order valence-electron chi connectivity index (χ4n) is 0.319. The zero-order chi connectivity index (χ0) is 9.98. The lowest BCUT2D eigenvalue weighted by Gasteiger charge is -1.92. The highest BCUT2D eigenvalue weighted by molar-refractivity contribution is 5.26. The number of allylic oxidation sites excluding steroid dienone is 4. The lowest BCUT2D eigenvalue weighted by molar-refractivity contribution is 0.886. The molecule has 70 valence electrons. The van der Waals surface area contributed by atoms with Crippen molar-refractivity contribution in [2.24, 2.45) is 0 Å². The van der Waals surface area contributed by atoms with E-state index >= 15 is 0 Å². The molecule has 0 heteroatoms. The zero-order valence-electron chi connectivity index (χ0n) is 8.98. The zero-order valence-corrected chi connectivity index (χ0v) is 8.98. The lowest BCUT2D eigenvalue weighted by Crippen LogP contribution is -1.72. The molecule has 0 saturated heterocycles. The molecule has 0 aliphatic heterocycles. The van der Waals surface area contributed by atoms with Crippen molar-refractivity contribution in [1.82, 2.24) is 0 Å². The predicted molar refractivity (Wildman–Crippen MR) is 59.4 cm³/mol. The number of rotatable bonds is 3. The van der Waals surface area contributed by atoms with Gasteiger partial charge in [-0.05, 0) is 19.4 Å². The van der Waals surface area contributed by atoms with Crippen LogP contribution >= 0.6 is 0 Å². The molecule has 0 unspecified atom stereocenters. The molecular formula is C12H22. The molecule has 0 heterocycles. The molecule has 0 aliphatic carbocycles. The van der Waals surface area contributed by atoms with Crippen LogP contribution in [0.3, 0.4) is 0 Å². The minimum atomic E-state index is 1.10. The van der Waals surface area contributed by atoms with E-state index in [0.29, 0.717) is 0 Å². The summed E-state index contributed by atoms with van der Waals surface area (Å²) in [6.07, 6.45) is 6.35. The summed E-state index contributed by atoms with van der Waals surface area (Å²) in [5.74, 6) is 0. The molecule has 0 rings (SSSR count). The molecular weight excluding hydrogens is 144 g/mol. The van der Waals surface area contributed by atoms with Crippen LogP contribution in [0, 0.1) is 0 Å². The van der Waals surface area contributed by atoms with E-state index in [1.165, 1.54) is 18.4 Å². The van der Waals surface area contributed by atoms with Crippen LogP contribution in [0.4, 0.5) is 0 Å². The van der Waals surface area contributed by atoms with Crippen molar-refractivity contribution in [3.63, 3.8) is 0 Å². The Balaban J connectivity index is 0. The second-order valence-electron chi connectivity index (χ2n) is 2.87. The van der Waals surface area contributed by atoms with E-state index < -0.39 is 0 Å². The molecule has 0 aromatic carbocycles. The molecule has 12 heavy (non-hydrogen) atoms. The van der Waals surface area contributed by atoms with Crippen molar-refractivity contribution >= 4 is 0 Å². The largest absolute Gasteiger partial charge is 0.0991 e. The van der Waals surface area contributed by atoms with E-state index in [4.69, 9.17) is 0 Å². The summed E-state index contributed by atoms with van der Waals surface area (Å²) < 4.78 is 0. The Morgan fingerprint density at radius 3 is 1.67 bits per heavy atom. The highest BCUT2D eigenvalue weighted by Gasteiger charge is 1.82. The first-order valence-electron chi connectivity index (χ1n) is 4.55. The summed E-state index contributed by atoms with van der Waals surface area (Å²) in [6, 6.07) is 0. The SMILES string of the molecule is C=C/C=C(/C)C(=C)C.CCCC. The highest BCUT2D eigenvalue weighted by atomic mass is 13.9. The molecule has 0 aromatic rings. The van der Waals surface area contributed by atoms with Crippen LogP contribution in [0.5, 0.6) is 0 Å². The molecule has 0 N–H and O–H groups in total. The quantitative estimate of drug-likeness (QED) is 0.541. The van der Waals surface area contributed by atoms with Gasteiger partial charge in [0.05, 0.1) is 0 Å². The molecule has 0 saturated carbocycles. The van der Waals surface area contributed by atoms with Gasteiger partial charge in [-0.25, -0.2) is 0 Å². The maximum atomic E-state index is 3.76. The molecule has 0 atom stereocenters. The van der Waals surface area contributed by atoms with E-state index in [1.807, 2.05) is 19.9 Å². The third-order valence-corrected chi connectivity index (χ3v) is 1.54. The van der Waals surface area contributed by atoms with Crippen LogP contribution in [0.15, 0.2) is 36.5 Å². The molecule has 0 spiro atoms. The molecule has 0 amide bonds. The Kier molecular flexibility index (Phi) is 11.7. The molecule has 0 radical (unpaired) electrons. The maximum absolute atomic E-state index is 3.76. The number of unbranched alkanes of at least 4 members (excludes halogenated alkanes) is 1. The molecule has 0 aliphatic rings. The first-order valence-corrected chi connectivity index (χ1v) is 4.55. The van der Waals surface area contributed by atoms with Crippen LogP contribution in [0.25, 0.3) is 0 Å². The Labute approximate surface area is 77.7 Å². The summed E-state index contributed by atoms with van der Waals surface area (Å²) in [5, 5.41) is 0. The average Bonchev–Trinajstić information content (AvgIpc) is 2.05. The summed E-state index contributed by atoms with van der Waals surface area (Å²) in [5.41, 5.74) is 2.30. The highest BCUT2D eigenvalue weighted by Crippen LogP contribution is 2.03. The summed E-state index contributed by atoms with van der Waals surface area (Å²) in [6.45, 7) is 15.7. The molecule has 0 nitrogen and oxygen atoms in total. The molecule has 0 fully saturated rings. The minimum absolute atomic E-state index is 1.10. The van der Waals surface area contributed by atoms with Gasteiger partial charge in [0.2, 0.25) is 0 Å². The van der Waals surface area contributed by atoms with Gasteiger partial charge in [0.25, 0.3) is 0 Å². The van der Waals surface area contributed by atoms with Gasteiger partial charge < -0.3 is 0 Å². The van der Waals surface area contributed by atoms with Crippen LogP contribution < -0.4 is 0 Å². The van der Waals surface area contributed by atoms with E-state index in [9.17, 15) is 0 Å². The van der Waals surface area contributed by atoms with E-state index in [1.54, 1.807) is 6.08 Å². The topological polar surface area (TPSA) is 0 Å². The normalized spacial score (nSPS) is 9.83. The fraction of sp³-hybridized carbons (Fsp3) is 0.500.